The topological polar surface area (TPSA) is 120 Å². The molecule has 9 nitrogen and oxygen atoms in total. The quantitative estimate of drug-likeness (QED) is 0.208. The molecule has 0 saturated heterocycles. The van der Waals surface area contributed by atoms with Crippen molar-refractivity contribution in [2.75, 3.05) is 27.2 Å². The van der Waals surface area contributed by atoms with Crippen LogP contribution in [0.2, 0.25) is 0 Å². The number of aliphatic hydroxyl groups excluding tert-OH is 2. The van der Waals surface area contributed by atoms with E-state index in [2.05, 4.69) is 10.6 Å². The molecule has 0 unspecified atom stereocenters. The Kier molecular flexibility index (Phi) is 12.2. The number of nitrogens with one attached hydrogen (secondary N) is 2. The second-order valence-electron chi connectivity index (χ2n) is 13.4. The average molecular weight is 632 g/mol. The summed E-state index contributed by atoms with van der Waals surface area (Å²) >= 11 is 0. The molecule has 2 amide bonds. The van der Waals surface area contributed by atoms with Gasteiger partial charge in [-0.15, -0.1) is 0 Å². The van der Waals surface area contributed by atoms with Gasteiger partial charge in [-0.1, -0.05) is 66.7 Å². The third kappa shape index (κ3) is 10.6. The van der Waals surface area contributed by atoms with Gasteiger partial charge in [-0.05, 0) is 88.5 Å². The molecule has 3 aromatic carbocycles. The van der Waals surface area contributed by atoms with E-state index in [0.717, 1.165) is 34.5 Å². The van der Waals surface area contributed by atoms with Crippen molar-refractivity contribution >= 4 is 12.0 Å². The smallest absolute Gasteiger partial charge is 0.407 e. The number of hydrogen-bond donors (Lipinski definition) is 4. The van der Waals surface area contributed by atoms with E-state index < -0.39 is 41.9 Å². The molecule has 46 heavy (non-hydrogen) atoms. The first-order chi connectivity index (χ1) is 21.9. The van der Waals surface area contributed by atoms with Gasteiger partial charge in [0.2, 0.25) is 5.91 Å². The maximum Gasteiger partial charge on any atom is 0.407 e. The molecule has 0 aromatic heterocycles. The van der Waals surface area contributed by atoms with Crippen LogP contribution in [0.15, 0.2) is 78.9 Å². The van der Waals surface area contributed by atoms with Gasteiger partial charge < -0.3 is 35.2 Å². The number of fused-ring (bicyclic) bond motifs is 1. The molecule has 9 heteroatoms. The Labute approximate surface area is 272 Å². The summed E-state index contributed by atoms with van der Waals surface area (Å²) in [4.78, 5) is 28.9. The Hall–Kier alpha value is -3.92. The molecule has 0 heterocycles. The minimum atomic E-state index is -1.07. The van der Waals surface area contributed by atoms with Crippen molar-refractivity contribution in [1.82, 2.24) is 15.5 Å². The Morgan fingerprint density at radius 1 is 0.935 bits per heavy atom. The van der Waals surface area contributed by atoms with Crippen LogP contribution in [-0.4, -0.2) is 78.2 Å². The van der Waals surface area contributed by atoms with Crippen molar-refractivity contribution in [3.8, 4) is 5.75 Å². The molecule has 0 bridgehead atoms. The van der Waals surface area contributed by atoms with Gasteiger partial charge in [-0.25, -0.2) is 4.79 Å². The molecule has 0 spiro atoms. The van der Waals surface area contributed by atoms with Crippen molar-refractivity contribution in [1.29, 1.82) is 0 Å². The number of aliphatic hydroxyl groups is 2. The number of hydrogen-bond acceptors (Lipinski definition) is 7. The molecule has 0 saturated carbocycles. The van der Waals surface area contributed by atoms with E-state index in [-0.39, 0.29) is 12.3 Å². The number of nitrogens with zero attached hydrogens (tertiary/aromatic N) is 1. The first-order valence-electron chi connectivity index (χ1n) is 16.0. The van der Waals surface area contributed by atoms with Crippen LogP contribution in [0.3, 0.4) is 0 Å². The minimum absolute atomic E-state index is 0.0741. The molecule has 0 fully saturated rings. The lowest BCUT2D eigenvalue weighted by Crippen LogP contribution is -2.48. The van der Waals surface area contributed by atoms with Crippen LogP contribution in [0.5, 0.6) is 5.75 Å². The summed E-state index contributed by atoms with van der Waals surface area (Å²) in [5.41, 5.74) is 3.02. The minimum Gasteiger partial charge on any atom is -0.492 e. The summed E-state index contributed by atoms with van der Waals surface area (Å²) in [5.74, 6) is -0.196. The van der Waals surface area contributed by atoms with E-state index in [4.69, 9.17) is 9.47 Å². The number of benzene rings is 3. The van der Waals surface area contributed by atoms with Crippen molar-refractivity contribution in [2.24, 2.45) is 5.92 Å². The maximum absolute atomic E-state index is 14.0. The zero-order chi connectivity index (χ0) is 33.3. The summed E-state index contributed by atoms with van der Waals surface area (Å²) in [7, 11) is 3.98. The Balaban J connectivity index is 1.55. The molecule has 1 aliphatic carbocycles. The van der Waals surface area contributed by atoms with E-state index in [9.17, 15) is 19.8 Å². The lowest BCUT2D eigenvalue weighted by Gasteiger charge is -2.29. The fourth-order valence-electron chi connectivity index (χ4n) is 5.72. The summed E-state index contributed by atoms with van der Waals surface area (Å²) in [6.07, 6.45) is -1.22. The average Bonchev–Trinajstić information content (AvgIpc) is 3.31. The molecule has 248 valence electrons. The van der Waals surface area contributed by atoms with Crippen molar-refractivity contribution in [3.63, 3.8) is 0 Å². The highest BCUT2D eigenvalue weighted by atomic mass is 16.6. The van der Waals surface area contributed by atoms with Crippen LogP contribution in [0.1, 0.15) is 55.5 Å². The van der Waals surface area contributed by atoms with Gasteiger partial charge in [0.15, 0.2) is 0 Å². The summed E-state index contributed by atoms with van der Waals surface area (Å²) in [5, 5.41) is 28.4. The van der Waals surface area contributed by atoms with E-state index in [0.29, 0.717) is 25.9 Å². The van der Waals surface area contributed by atoms with Gasteiger partial charge >= 0.3 is 6.09 Å². The summed E-state index contributed by atoms with van der Waals surface area (Å²) in [6.45, 7) is 6.69. The van der Waals surface area contributed by atoms with Gasteiger partial charge in [0.25, 0.3) is 0 Å². The fraction of sp³-hybridized carbons (Fsp3) is 0.459. The van der Waals surface area contributed by atoms with Gasteiger partial charge in [0.1, 0.15) is 18.0 Å². The molecule has 4 rings (SSSR count). The molecule has 3 aromatic rings. The van der Waals surface area contributed by atoms with Crippen molar-refractivity contribution < 1.29 is 29.3 Å². The largest absolute Gasteiger partial charge is 0.492 e. The first-order valence-corrected chi connectivity index (χ1v) is 16.0. The number of likely N-dealkylation sites (N-methyl/N-ethyl adjacent to an activating group) is 1. The SMILES string of the molecule is CN(C)CCOc1ccc(C[C@H](C[C@H](O)[C@H](Cc2ccccc2)NC(=O)OC(C)(C)C)C(=O)N[C@H]2c3ccccc3C[C@H]2O)cc1. The predicted octanol–water partition coefficient (Wildman–Crippen LogP) is 4.45. The van der Waals surface area contributed by atoms with Crippen LogP contribution in [0.25, 0.3) is 0 Å². The Morgan fingerprint density at radius 3 is 2.26 bits per heavy atom. The molecule has 4 N–H and O–H groups in total. The van der Waals surface area contributed by atoms with Gasteiger partial charge in [0, 0.05) is 18.9 Å². The Bertz CT molecular complexity index is 1410. The number of ether oxygens (including phenoxy) is 2. The molecule has 5 atom stereocenters. The van der Waals surface area contributed by atoms with Crippen LogP contribution >= 0.6 is 0 Å². The van der Waals surface area contributed by atoms with Crippen molar-refractivity contribution in [3.05, 3.63) is 101 Å². The summed E-state index contributed by atoms with van der Waals surface area (Å²) < 4.78 is 11.3. The third-order valence-corrected chi connectivity index (χ3v) is 8.08. The lowest BCUT2D eigenvalue weighted by molar-refractivity contribution is -0.127. The number of rotatable bonds is 14. The van der Waals surface area contributed by atoms with E-state index in [1.165, 1.54) is 0 Å². The van der Waals surface area contributed by atoms with Crippen LogP contribution in [0.4, 0.5) is 4.79 Å². The van der Waals surface area contributed by atoms with Crippen LogP contribution in [-0.2, 0) is 28.8 Å². The van der Waals surface area contributed by atoms with Gasteiger partial charge in [-0.3, -0.25) is 4.79 Å². The third-order valence-electron chi connectivity index (χ3n) is 8.08. The molecular formula is C37H49N3O6. The second kappa shape index (κ2) is 16.1. The van der Waals surface area contributed by atoms with E-state index in [1.54, 1.807) is 20.8 Å². The zero-order valence-corrected chi connectivity index (χ0v) is 27.6. The van der Waals surface area contributed by atoms with E-state index in [1.807, 2.05) is 97.9 Å². The predicted molar refractivity (Wildman–Crippen MR) is 179 cm³/mol. The number of carbonyl (C=O) groups excluding carboxylic acids is 2. The Morgan fingerprint density at radius 2 is 1.59 bits per heavy atom. The number of amides is 2. The monoisotopic (exact) mass is 631 g/mol. The van der Waals surface area contributed by atoms with Crippen molar-refractivity contribution in [2.45, 2.75) is 76.3 Å². The maximum atomic E-state index is 14.0. The summed E-state index contributed by atoms with van der Waals surface area (Å²) in [6, 6.07) is 23.7. The van der Waals surface area contributed by atoms with E-state index >= 15 is 0 Å². The van der Waals surface area contributed by atoms with Crippen LogP contribution < -0.4 is 15.4 Å². The highest BCUT2D eigenvalue weighted by Gasteiger charge is 2.35. The second-order valence-corrected chi connectivity index (χ2v) is 13.4. The highest BCUT2D eigenvalue weighted by Crippen LogP contribution is 2.32. The highest BCUT2D eigenvalue weighted by molar-refractivity contribution is 5.80. The number of carbonyl (C=O) groups is 2. The van der Waals surface area contributed by atoms with Crippen LogP contribution in [0, 0.1) is 5.92 Å². The standard InChI is InChI=1S/C37H49N3O6/c1-37(2,3)46-36(44)38-31(22-25-11-7-6-8-12-25)32(41)24-28(21-26-15-17-29(18-16-26)45-20-19-40(4)5)35(43)39-34-30-14-10-9-13-27(30)23-33(34)42/h6-18,28,31-34,41-42H,19-24H2,1-5H3,(H,38,44)(H,39,43)/t28-,31+,32+,33-,34+/m1/s1. The number of alkyl carbamates (subject to hydrolysis) is 1. The molecule has 1 aliphatic rings. The zero-order valence-electron chi connectivity index (χ0n) is 27.6. The first kappa shape index (κ1) is 34.9. The van der Waals surface area contributed by atoms with Gasteiger partial charge in [0.05, 0.1) is 24.3 Å². The van der Waals surface area contributed by atoms with Gasteiger partial charge in [-0.2, -0.15) is 0 Å². The molecule has 0 radical (unpaired) electrons. The molecular weight excluding hydrogens is 582 g/mol. The lowest BCUT2D eigenvalue weighted by atomic mass is 9.88. The normalized spacial score (nSPS) is 17.9. The fourth-order valence-corrected chi connectivity index (χ4v) is 5.72. The molecule has 0 aliphatic heterocycles.